The molecule has 0 amide bonds. The van der Waals surface area contributed by atoms with Crippen molar-refractivity contribution in [3.8, 4) is 0 Å². The van der Waals surface area contributed by atoms with Crippen LogP contribution in [0.5, 0.6) is 0 Å². The van der Waals surface area contributed by atoms with Crippen LogP contribution in [-0.4, -0.2) is 15.0 Å². The van der Waals surface area contributed by atoms with Gasteiger partial charge in [-0.05, 0) is 0 Å². The maximum absolute atomic E-state index is 2.29. The van der Waals surface area contributed by atoms with E-state index in [1.807, 2.05) is 0 Å². The van der Waals surface area contributed by atoms with Gasteiger partial charge in [0.05, 0.1) is 0 Å². The summed E-state index contributed by atoms with van der Waals surface area (Å²) in [7, 11) is 0. The summed E-state index contributed by atoms with van der Waals surface area (Å²) in [6.07, 6.45) is 6.70. The molecule has 1 aromatic rings. The predicted molar refractivity (Wildman–Crippen MR) is 68.4 cm³/mol. The first-order valence-corrected chi connectivity index (χ1v) is 6.94. The standard InChI is InChI=1S/C14H16Se/c1-14(2,3)13-10-6-8-11-7-4-5-9-12(11)15-13/h4-10H,1-3H3. The number of allylic oxidation sites excluding steroid dienone is 3. The van der Waals surface area contributed by atoms with Crippen molar-refractivity contribution in [3.05, 3.63) is 46.5 Å². The van der Waals surface area contributed by atoms with Crippen molar-refractivity contribution < 1.29 is 0 Å². The van der Waals surface area contributed by atoms with Crippen LogP contribution in [-0.2, 0) is 0 Å². The van der Waals surface area contributed by atoms with E-state index in [0.717, 1.165) is 0 Å². The van der Waals surface area contributed by atoms with Gasteiger partial charge in [0.1, 0.15) is 0 Å². The SMILES string of the molecule is CC(C)(C)C1=CC=Cc2ccccc2[Se]1. The van der Waals surface area contributed by atoms with Gasteiger partial charge in [0, 0.05) is 0 Å². The Bertz CT molecular complexity index is 419. The molecule has 0 radical (unpaired) electrons. The van der Waals surface area contributed by atoms with Gasteiger partial charge in [-0.25, -0.2) is 0 Å². The molecule has 0 nitrogen and oxygen atoms in total. The fourth-order valence-electron chi connectivity index (χ4n) is 1.51. The van der Waals surface area contributed by atoms with Crippen LogP contribution >= 0.6 is 0 Å². The molecule has 0 aliphatic carbocycles. The van der Waals surface area contributed by atoms with Crippen LogP contribution in [0.3, 0.4) is 0 Å². The van der Waals surface area contributed by atoms with E-state index in [9.17, 15) is 0 Å². The summed E-state index contributed by atoms with van der Waals surface area (Å²) in [6.45, 7) is 6.88. The van der Waals surface area contributed by atoms with Crippen LogP contribution < -0.4 is 4.46 Å². The van der Waals surface area contributed by atoms with Gasteiger partial charge in [-0.3, -0.25) is 0 Å². The molecule has 1 aliphatic rings. The first-order chi connectivity index (χ1) is 7.07. The third kappa shape index (κ3) is 2.42. The Kier molecular flexibility index (Phi) is 2.86. The van der Waals surface area contributed by atoms with E-state index in [-0.39, 0.29) is 0 Å². The summed E-state index contributed by atoms with van der Waals surface area (Å²) < 4.78 is 3.07. The molecule has 0 saturated carbocycles. The van der Waals surface area contributed by atoms with Gasteiger partial charge in [-0.15, -0.1) is 0 Å². The third-order valence-electron chi connectivity index (χ3n) is 2.40. The van der Waals surface area contributed by atoms with Crippen LogP contribution in [0, 0.1) is 5.41 Å². The minimum absolute atomic E-state index is 0.293. The Morgan fingerprint density at radius 2 is 1.80 bits per heavy atom. The maximum atomic E-state index is 2.29. The first kappa shape index (κ1) is 10.7. The van der Waals surface area contributed by atoms with Gasteiger partial charge in [0.25, 0.3) is 0 Å². The molecule has 0 unspecified atom stereocenters. The summed E-state index contributed by atoms with van der Waals surface area (Å²) in [5, 5.41) is 0. The van der Waals surface area contributed by atoms with E-state index in [0.29, 0.717) is 20.4 Å². The van der Waals surface area contributed by atoms with Gasteiger partial charge >= 0.3 is 98.1 Å². The molecule has 0 fully saturated rings. The summed E-state index contributed by atoms with van der Waals surface area (Å²) in [4.78, 5) is 0. The second kappa shape index (κ2) is 4.00. The second-order valence-electron chi connectivity index (χ2n) is 4.78. The number of hydrogen-bond acceptors (Lipinski definition) is 0. The zero-order valence-corrected chi connectivity index (χ0v) is 11.2. The predicted octanol–water partition coefficient (Wildman–Crippen LogP) is 2.97. The topological polar surface area (TPSA) is 0 Å². The number of rotatable bonds is 0. The van der Waals surface area contributed by atoms with Crippen LogP contribution in [0.4, 0.5) is 0 Å². The Morgan fingerprint density at radius 3 is 2.53 bits per heavy atom. The summed E-state index contributed by atoms with van der Waals surface area (Å²) >= 11 is 0.471. The van der Waals surface area contributed by atoms with E-state index >= 15 is 0 Å². The molecule has 78 valence electrons. The molecule has 1 aromatic carbocycles. The number of hydrogen-bond donors (Lipinski definition) is 0. The van der Waals surface area contributed by atoms with E-state index in [1.165, 1.54) is 10.0 Å². The molecule has 0 bridgehead atoms. The minimum atomic E-state index is 0.293. The summed E-state index contributed by atoms with van der Waals surface area (Å²) in [5.41, 5.74) is 1.68. The molecule has 0 atom stereocenters. The fraction of sp³-hybridized carbons (Fsp3) is 0.286. The molecular formula is C14H16Se. The van der Waals surface area contributed by atoms with Crippen molar-refractivity contribution in [3.63, 3.8) is 0 Å². The van der Waals surface area contributed by atoms with Gasteiger partial charge in [-0.1, -0.05) is 0 Å². The van der Waals surface area contributed by atoms with Crippen LogP contribution in [0.2, 0.25) is 0 Å². The molecule has 1 heteroatoms. The van der Waals surface area contributed by atoms with Gasteiger partial charge in [-0.2, -0.15) is 0 Å². The van der Waals surface area contributed by atoms with E-state index in [2.05, 4.69) is 63.3 Å². The van der Waals surface area contributed by atoms with Crippen LogP contribution in [0.1, 0.15) is 26.3 Å². The summed E-state index contributed by atoms with van der Waals surface area (Å²) in [5.74, 6) is 0. The zero-order chi connectivity index (χ0) is 10.9. The third-order valence-corrected chi connectivity index (χ3v) is 5.67. The van der Waals surface area contributed by atoms with Crippen molar-refractivity contribution >= 4 is 25.5 Å². The average Bonchev–Trinajstić information content (AvgIpc) is 2.38. The van der Waals surface area contributed by atoms with E-state index < -0.39 is 0 Å². The van der Waals surface area contributed by atoms with Crippen molar-refractivity contribution in [2.45, 2.75) is 20.8 Å². The van der Waals surface area contributed by atoms with E-state index in [4.69, 9.17) is 0 Å². The van der Waals surface area contributed by atoms with Crippen molar-refractivity contribution in [1.82, 2.24) is 0 Å². The van der Waals surface area contributed by atoms with Crippen molar-refractivity contribution in [2.75, 3.05) is 0 Å². The molecule has 0 spiro atoms. The van der Waals surface area contributed by atoms with Gasteiger partial charge in [0.2, 0.25) is 0 Å². The fourth-order valence-corrected chi connectivity index (χ4v) is 3.79. The van der Waals surface area contributed by atoms with Gasteiger partial charge in [0.15, 0.2) is 0 Å². The number of benzene rings is 1. The molecule has 0 aromatic heterocycles. The zero-order valence-electron chi connectivity index (χ0n) is 9.45. The monoisotopic (exact) mass is 264 g/mol. The Hall–Kier alpha value is -0.781. The Balaban J connectivity index is 2.40. The summed E-state index contributed by atoms with van der Waals surface area (Å²) in [6, 6.07) is 8.71. The Labute approximate surface area is 98.2 Å². The van der Waals surface area contributed by atoms with Crippen LogP contribution in [0.25, 0.3) is 6.08 Å². The molecule has 1 aliphatic heterocycles. The molecular weight excluding hydrogens is 247 g/mol. The first-order valence-electron chi connectivity index (χ1n) is 5.23. The van der Waals surface area contributed by atoms with Gasteiger partial charge < -0.3 is 0 Å². The van der Waals surface area contributed by atoms with Crippen LogP contribution in [0.15, 0.2) is 40.9 Å². The molecule has 15 heavy (non-hydrogen) atoms. The normalized spacial score (nSPS) is 15.5. The molecule has 0 saturated heterocycles. The second-order valence-corrected chi connectivity index (χ2v) is 7.05. The quantitative estimate of drug-likeness (QED) is 0.631. The molecule has 0 N–H and O–H groups in total. The van der Waals surface area contributed by atoms with Crippen molar-refractivity contribution in [1.29, 1.82) is 0 Å². The average molecular weight is 263 g/mol. The number of fused-ring (bicyclic) bond motifs is 1. The van der Waals surface area contributed by atoms with Crippen molar-refractivity contribution in [2.24, 2.45) is 5.41 Å². The Morgan fingerprint density at radius 1 is 1.07 bits per heavy atom. The molecule has 2 rings (SSSR count). The molecule has 1 heterocycles. The van der Waals surface area contributed by atoms with E-state index in [1.54, 1.807) is 4.47 Å².